The maximum Gasteiger partial charge on any atom is 0.188 e. The van der Waals surface area contributed by atoms with Gasteiger partial charge in [-0.15, -0.1) is 0 Å². The van der Waals surface area contributed by atoms with Gasteiger partial charge in [0.1, 0.15) is 12.3 Å². The van der Waals surface area contributed by atoms with Crippen molar-refractivity contribution in [1.82, 2.24) is 4.98 Å². The molecule has 1 aromatic heterocycles. The molecule has 20 heavy (non-hydrogen) atoms. The van der Waals surface area contributed by atoms with E-state index < -0.39 is 5.82 Å². The molecule has 1 heterocycles. The molecular weight excluding hydrogens is 261 g/mol. The SMILES string of the molecule is Cc1ccc(F)c(OCc2ccnc(C(N)=NO)c2)c1. The second kappa shape index (κ2) is 6.01. The number of rotatable bonds is 4. The van der Waals surface area contributed by atoms with E-state index in [4.69, 9.17) is 15.7 Å². The van der Waals surface area contributed by atoms with Crippen molar-refractivity contribution in [3.05, 3.63) is 59.2 Å². The number of ether oxygens (including phenoxy) is 1. The van der Waals surface area contributed by atoms with Crippen LogP contribution in [0.2, 0.25) is 0 Å². The Balaban J connectivity index is 2.13. The molecule has 0 saturated carbocycles. The zero-order valence-electron chi connectivity index (χ0n) is 10.9. The zero-order chi connectivity index (χ0) is 14.5. The fourth-order valence-corrected chi connectivity index (χ4v) is 1.64. The van der Waals surface area contributed by atoms with Crippen LogP contribution in [0.1, 0.15) is 16.8 Å². The van der Waals surface area contributed by atoms with Gasteiger partial charge in [0.25, 0.3) is 0 Å². The molecule has 1 aromatic carbocycles. The van der Waals surface area contributed by atoms with E-state index in [1.807, 2.05) is 6.92 Å². The minimum atomic E-state index is -0.415. The number of hydrogen-bond donors (Lipinski definition) is 2. The third-order valence-corrected chi connectivity index (χ3v) is 2.68. The summed E-state index contributed by atoms with van der Waals surface area (Å²) in [6.07, 6.45) is 1.51. The summed E-state index contributed by atoms with van der Waals surface area (Å²) in [4.78, 5) is 3.95. The molecule has 0 aliphatic rings. The van der Waals surface area contributed by atoms with Gasteiger partial charge >= 0.3 is 0 Å². The van der Waals surface area contributed by atoms with E-state index in [1.54, 1.807) is 24.3 Å². The minimum Gasteiger partial charge on any atom is -0.486 e. The van der Waals surface area contributed by atoms with Gasteiger partial charge in [-0.3, -0.25) is 4.98 Å². The van der Waals surface area contributed by atoms with Crippen LogP contribution in [-0.2, 0) is 6.61 Å². The number of aromatic nitrogens is 1. The van der Waals surface area contributed by atoms with Gasteiger partial charge in [0.2, 0.25) is 0 Å². The summed E-state index contributed by atoms with van der Waals surface area (Å²) in [6.45, 7) is 2.02. The molecule has 5 nitrogen and oxygen atoms in total. The van der Waals surface area contributed by atoms with Crippen LogP contribution in [0.4, 0.5) is 4.39 Å². The average Bonchev–Trinajstić information content (AvgIpc) is 2.47. The van der Waals surface area contributed by atoms with Gasteiger partial charge in [0.15, 0.2) is 17.4 Å². The largest absolute Gasteiger partial charge is 0.486 e. The van der Waals surface area contributed by atoms with Crippen molar-refractivity contribution in [2.24, 2.45) is 10.9 Å². The number of aryl methyl sites for hydroxylation is 1. The molecule has 0 fully saturated rings. The van der Waals surface area contributed by atoms with Crippen LogP contribution in [0, 0.1) is 12.7 Å². The molecule has 3 N–H and O–H groups in total. The monoisotopic (exact) mass is 275 g/mol. The molecule has 0 unspecified atom stereocenters. The van der Waals surface area contributed by atoms with E-state index in [0.717, 1.165) is 11.1 Å². The van der Waals surface area contributed by atoms with Crippen molar-refractivity contribution in [3.63, 3.8) is 0 Å². The number of pyridine rings is 1. The topological polar surface area (TPSA) is 80.7 Å². The van der Waals surface area contributed by atoms with Crippen LogP contribution in [-0.4, -0.2) is 16.0 Å². The lowest BCUT2D eigenvalue weighted by atomic mass is 10.2. The molecule has 6 heteroatoms. The zero-order valence-corrected chi connectivity index (χ0v) is 10.9. The lowest BCUT2D eigenvalue weighted by molar-refractivity contribution is 0.290. The van der Waals surface area contributed by atoms with Crippen molar-refractivity contribution in [1.29, 1.82) is 0 Å². The lowest BCUT2D eigenvalue weighted by Gasteiger charge is -2.08. The standard InChI is InChI=1S/C14H14FN3O2/c1-9-2-3-11(15)13(6-9)20-8-10-4-5-17-12(7-10)14(16)18-19/h2-7,19H,8H2,1H3,(H2,16,18). The molecule has 0 aliphatic heterocycles. The number of amidine groups is 1. The number of nitrogens with zero attached hydrogens (tertiary/aromatic N) is 2. The van der Waals surface area contributed by atoms with E-state index in [1.165, 1.54) is 12.3 Å². The second-order valence-electron chi connectivity index (χ2n) is 4.26. The summed E-state index contributed by atoms with van der Waals surface area (Å²) in [5, 5.41) is 11.5. The Kier molecular flexibility index (Phi) is 4.14. The van der Waals surface area contributed by atoms with Gasteiger partial charge in [-0.1, -0.05) is 11.2 Å². The van der Waals surface area contributed by atoms with Crippen molar-refractivity contribution < 1.29 is 14.3 Å². The Morgan fingerprint density at radius 1 is 1.40 bits per heavy atom. The van der Waals surface area contributed by atoms with E-state index >= 15 is 0 Å². The maximum absolute atomic E-state index is 13.5. The number of nitrogens with two attached hydrogens (primary N) is 1. The molecule has 0 amide bonds. The van der Waals surface area contributed by atoms with Crippen molar-refractivity contribution in [3.8, 4) is 5.75 Å². The van der Waals surface area contributed by atoms with Crippen molar-refractivity contribution >= 4 is 5.84 Å². The van der Waals surface area contributed by atoms with Gasteiger partial charge in [0, 0.05) is 6.20 Å². The molecule has 0 aliphatic carbocycles. The van der Waals surface area contributed by atoms with Crippen LogP contribution < -0.4 is 10.5 Å². The highest BCUT2D eigenvalue weighted by Crippen LogP contribution is 2.19. The smallest absolute Gasteiger partial charge is 0.188 e. The summed E-state index contributed by atoms with van der Waals surface area (Å²) < 4.78 is 19.0. The molecule has 0 bridgehead atoms. The van der Waals surface area contributed by atoms with E-state index in [0.29, 0.717) is 5.69 Å². The first-order valence-electron chi connectivity index (χ1n) is 5.92. The molecule has 2 rings (SSSR count). The van der Waals surface area contributed by atoms with Gasteiger partial charge in [-0.25, -0.2) is 4.39 Å². The number of halogens is 1. The fraction of sp³-hybridized carbons (Fsp3) is 0.143. The number of hydrogen-bond acceptors (Lipinski definition) is 4. The van der Waals surface area contributed by atoms with Gasteiger partial charge in [0.05, 0.1) is 0 Å². The molecule has 0 radical (unpaired) electrons. The highest BCUT2D eigenvalue weighted by atomic mass is 19.1. The fourth-order valence-electron chi connectivity index (χ4n) is 1.64. The molecule has 0 atom stereocenters. The van der Waals surface area contributed by atoms with E-state index in [-0.39, 0.29) is 18.2 Å². The molecule has 0 spiro atoms. The molecular formula is C14H14FN3O2. The number of benzene rings is 1. The second-order valence-corrected chi connectivity index (χ2v) is 4.26. The van der Waals surface area contributed by atoms with Crippen LogP contribution in [0.15, 0.2) is 41.7 Å². The maximum atomic E-state index is 13.5. The lowest BCUT2D eigenvalue weighted by Crippen LogP contribution is -2.15. The predicted molar refractivity (Wildman–Crippen MR) is 72.2 cm³/mol. The average molecular weight is 275 g/mol. The Hall–Kier alpha value is -2.63. The minimum absolute atomic E-state index is 0.0893. The van der Waals surface area contributed by atoms with Crippen molar-refractivity contribution in [2.45, 2.75) is 13.5 Å². The van der Waals surface area contributed by atoms with Crippen molar-refractivity contribution in [2.75, 3.05) is 0 Å². The molecule has 0 saturated heterocycles. The summed E-state index contributed by atoms with van der Waals surface area (Å²) in [7, 11) is 0. The van der Waals surface area contributed by atoms with Crippen LogP contribution >= 0.6 is 0 Å². The van der Waals surface area contributed by atoms with E-state index in [9.17, 15) is 4.39 Å². The first kappa shape index (κ1) is 13.8. The molecule has 104 valence electrons. The summed E-state index contributed by atoms with van der Waals surface area (Å²) in [5.41, 5.74) is 7.43. The number of oxime groups is 1. The summed E-state index contributed by atoms with van der Waals surface area (Å²) >= 11 is 0. The predicted octanol–water partition coefficient (Wildman–Crippen LogP) is 2.20. The Morgan fingerprint density at radius 3 is 2.95 bits per heavy atom. The first-order chi connectivity index (χ1) is 9.60. The quantitative estimate of drug-likeness (QED) is 0.388. The molecule has 2 aromatic rings. The Labute approximate surface area is 115 Å². The first-order valence-corrected chi connectivity index (χ1v) is 5.92. The normalized spacial score (nSPS) is 11.4. The summed E-state index contributed by atoms with van der Waals surface area (Å²) in [6, 6.07) is 7.98. The van der Waals surface area contributed by atoms with Crippen LogP contribution in [0.5, 0.6) is 5.75 Å². The van der Waals surface area contributed by atoms with Gasteiger partial charge < -0.3 is 15.7 Å². The van der Waals surface area contributed by atoms with Crippen LogP contribution in [0.25, 0.3) is 0 Å². The van der Waals surface area contributed by atoms with Gasteiger partial charge in [-0.05, 0) is 42.3 Å². The third kappa shape index (κ3) is 3.23. The van der Waals surface area contributed by atoms with E-state index in [2.05, 4.69) is 10.1 Å². The van der Waals surface area contributed by atoms with Crippen LogP contribution in [0.3, 0.4) is 0 Å². The Bertz CT molecular complexity index is 644. The highest BCUT2D eigenvalue weighted by Gasteiger charge is 2.06. The van der Waals surface area contributed by atoms with Gasteiger partial charge in [-0.2, -0.15) is 0 Å². The third-order valence-electron chi connectivity index (χ3n) is 2.68. The Morgan fingerprint density at radius 2 is 2.20 bits per heavy atom. The summed E-state index contributed by atoms with van der Waals surface area (Å²) in [5.74, 6) is -0.318. The highest BCUT2D eigenvalue weighted by molar-refractivity contribution is 5.95.